The predicted molar refractivity (Wildman–Crippen MR) is 75.4 cm³/mol. The summed E-state index contributed by atoms with van der Waals surface area (Å²) in [4.78, 5) is 28.0. The van der Waals surface area contributed by atoms with Gasteiger partial charge >= 0.3 is 0 Å². The minimum atomic E-state index is -0.733. The highest BCUT2D eigenvalue weighted by molar-refractivity contribution is 6.28. The Morgan fingerprint density at radius 1 is 1.20 bits per heavy atom. The smallest absolute Gasteiger partial charge is 0.245 e. The van der Waals surface area contributed by atoms with Gasteiger partial charge in [0.05, 0.1) is 0 Å². The van der Waals surface area contributed by atoms with Gasteiger partial charge in [0.2, 0.25) is 23.1 Å². The number of halogens is 1. The molecular weight excluding hydrogens is 282 g/mol. The van der Waals surface area contributed by atoms with Crippen LogP contribution in [0.1, 0.15) is 6.92 Å². The van der Waals surface area contributed by atoms with Crippen LogP contribution < -0.4 is 9.80 Å². The quantitative estimate of drug-likeness (QED) is 0.585. The molecular formula is C11H16ClN7O. The van der Waals surface area contributed by atoms with Crippen molar-refractivity contribution in [1.82, 2.24) is 19.9 Å². The largest absolute Gasteiger partial charge is 0.347 e. The molecule has 1 heterocycles. The van der Waals surface area contributed by atoms with Crippen LogP contribution in [0.4, 0.5) is 11.9 Å². The number of nitrogens with zero attached hydrogens (tertiary/aromatic N) is 7. The lowest BCUT2D eigenvalue weighted by molar-refractivity contribution is -0.129. The summed E-state index contributed by atoms with van der Waals surface area (Å²) < 4.78 is 0. The Morgan fingerprint density at radius 3 is 2.20 bits per heavy atom. The predicted octanol–water partition coefficient (Wildman–Crippen LogP) is 0.355. The summed E-state index contributed by atoms with van der Waals surface area (Å²) in [5.41, 5.74) is 0. The van der Waals surface area contributed by atoms with Crippen LogP contribution in [0.5, 0.6) is 0 Å². The maximum atomic E-state index is 11.9. The molecule has 108 valence electrons. The number of carbonyl (C=O) groups is 1. The van der Waals surface area contributed by atoms with Crippen LogP contribution in [-0.2, 0) is 4.79 Å². The van der Waals surface area contributed by atoms with Crippen LogP contribution in [0.3, 0.4) is 0 Å². The van der Waals surface area contributed by atoms with E-state index in [0.29, 0.717) is 5.95 Å². The normalized spacial score (nSPS) is 11.4. The van der Waals surface area contributed by atoms with Crippen molar-refractivity contribution in [3.63, 3.8) is 0 Å². The van der Waals surface area contributed by atoms with Gasteiger partial charge in [0.1, 0.15) is 6.04 Å². The van der Waals surface area contributed by atoms with Gasteiger partial charge in [0.25, 0.3) is 0 Å². The highest BCUT2D eigenvalue weighted by atomic mass is 35.5. The Kier molecular flexibility index (Phi) is 5.05. The second-order valence-electron chi connectivity index (χ2n) is 4.48. The average Bonchev–Trinajstić information content (AvgIpc) is 2.37. The number of hydrogen-bond acceptors (Lipinski definition) is 7. The van der Waals surface area contributed by atoms with E-state index in [1.165, 1.54) is 4.90 Å². The van der Waals surface area contributed by atoms with Gasteiger partial charge in [-0.2, -0.15) is 20.2 Å². The highest BCUT2D eigenvalue weighted by Gasteiger charge is 2.26. The maximum absolute atomic E-state index is 11.9. The first kappa shape index (κ1) is 15.9. The van der Waals surface area contributed by atoms with Crippen LogP contribution in [-0.4, -0.2) is 60.0 Å². The van der Waals surface area contributed by atoms with E-state index >= 15 is 0 Å². The Labute approximate surface area is 122 Å². The molecule has 0 saturated heterocycles. The molecule has 0 aromatic carbocycles. The van der Waals surface area contributed by atoms with Gasteiger partial charge < -0.3 is 9.80 Å². The molecule has 0 aliphatic carbocycles. The molecule has 1 rings (SSSR count). The minimum Gasteiger partial charge on any atom is -0.347 e. The first-order valence-corrected chi connectivity index (χ1v) is 6.14. The average molecular weight is 298 g/mol. The number of rotatable bonds is 4. The third-order valence-corrected chi connectivity index (χ3v) is 2.66. The second-order valence-corrected chi connectivity index (χ2v) is 4.82. The standard InChI is InChI=1S/C11H16ClN7O/c1-7(8(20)17(2)3)19(6-13)11-15-9(12)14-10(16-11)18(4)5/h7H,1-5H3. The van der Waals surface area contributed by atoms with Gasteiger partial charge in [0.15, 0.2) is 6.19 Å². The fourth-order valence-electron chi connectivity index (χ4n) is 1.43. The molecule has 1 aromatic rings. The summed E-state index contributed by atoms with van der Waals surface area (Å²) in [6.07, 6.45) is 1.90. The fourth-order valence-corrected chi connectivity index (χ4v) is 1.58. The summed E-state index contributed by atoms with van der Waals surface area (Å²) in [6.45, 7) is 1.60. The number of amides is 1. The summed E-state index contributed by atoms with van der Waals surface area (Å²) in [7, 11) is 6.70. The molecule has 1 amide bonds. The number of nitriles is 1. The van der Waals surface area contributed by atoms with Crippen LogP contribution in [0, 0.1) is 11.5 Å². The Morgan fingerprint density at radius 2 is 1.75 bits per heavy atom. The lowest BCUT2D eigenvalue weighted by atomic mass is 10.3. The Bertz CT molecular complexity index is 540. The van der Waals surface area contributed by atoms with Crippen LogP contribution in [0.15, 0.2) is 0 Å². The molecule has 0 N–H and O–H groups in total. The molecule has 9 heteroatoms. The molecule has 0 bridgehead atoms. The highest BCUT2D eigenvalue weighted by Crippen LogP contribution is 2.17. The van der Waals surface area contributed by atoms with Crippen LogP contribution >= 0.6 is 11.6 Å². The zero-order valence-electron chi connectivity index (χ0n) is 12.0. The molecule has 1 unspecified atom stereocenters. The minimum absolute atomic E-state index is 0.0385. The van der Waals surface area contributed by atoms with E-state index in [9.17, 15) is 10.1 Å². The monoisotopic (exact) mass is 297 g/mol. The second kappa shape index (κ2) is 6.34. The lowest BCUT2D eigenvalue weighted by Gasteiger charge is -2.24. The van der Waals surface area contributed by atoms with Crippen molar-refractivity contribution in [2.24, 2.45) is 0 Å². The number of carbonyl (C=O) groups excluding carboxylic acids is 1. The first-order chi connectivity index (χ1) is 9.27. The summed E-state index contributed by atoms with van der Waals surface area (Å²) in [6, 6.07) is -0.733. The van der Waals surface area contributed by atoms with Crippen molar-refractivity contribution in [1.29, 1.82) is 5.26 Å². The van der Waals surface area contributed by atoms with Crippen molar-refractivity contribution in [2.45, 2.75) is 13.0 Å². The molecule has 20 heavy (non-hydrogen) atoms. The molecule has 0 saturated carbocycles. The molecule has 0 fully saturated rings. The fraction of sp³-hybridized carbons (Fsp3) is 0.545. The number of hydrogen-bond donors (Lipinski definition) is 0. The summed E-state index contributed by atoms with van der Waals surface area (Å²) in [5, 5.41) is 9.21. The molecule has 1 atom stereocenters. The molecule has 0 radical (unpaired) electrons. The van der Waals surface area contributed by atoms with Crippen molar-refractivity contribution < 1.29 is 4.79 Å². The van der Waals surface area contributed by atoms with Gasteiger partial charge in [-0.15, -0.1) is 0 Å². The van der Waals surface area contributed by atoms with E-state index in [-0.39, 0.29) is 17.1 Å². The van der Waals surface area contributed by atoms with Gasteiger partial charge in [0, 0.05) is 28.2 Å². The van der Waals surface area contributed by atoms with E-state index in [1.54, 1.807) is 40.0 Å². The number of likely N-dealkylation sites (N-methyl/N-ethyl adjacent to an activating group) is 1. The molecule has 1 aromatic heterocycles. The summed E-state index contributed by atoms with van der Waals surface area (Å²) in [5.74, 6) is 0.109. The maximum Gasteiger partial charge on any atom is 0.245 e. The molecule has 8 nitrogen and oxygen atoms in total. The number of anilines is 2. The number of aromatic nitrogens is 3. The van der Waals surface area contributed by atoms with Crippen LogP contribution in [0.2, 0.25) is 5.28 Å². The third kappa shape index (κ3) is 3.45. The van der Waals surface area contributed by atoms with E-state index in [2.05, 4.69) is 15.0 Å². The van der Waals surface area contributed by atoms with E-state index in [1.807, 2.05) is 6.19 Å². The van der Waals surface area contributed by atoms with Gasteiger partial charge in [-0.05, 0) is 18.5 Å². The topological polar surface area (TPSA) is 89.2 Å². The van der Waals surface area contributed by atoms with E-state index in [0.717, 1.165) is 4.90 Å². The van der Waals surface area contributed by atoms with Crippen molar-refractivity contribution in [3.05, 3.63) is 5.28 Å². The zero-order valence-corrected chi connectivity index (χ0v) is 12.7. The van der Waals surface area contributed by atoms with Crippen molar-refractivity contribution >= 4 is 29.4 Å². The van der Waals surface area contributed by atoms with Gasteiger partial charge in [-0.1, -0.05) is 0 Å². The van der Waals surface area contributed by atoms with Crippen LogP contribution in [0.25, 0.3) is 0 Å². The molecule has 0 spiro atoms. The van der Waals surface area contributed by atoms with E-state index < -0.39 is 6.04 Å². The van der Waals surface area contributed by atoms with Crippen molar-refractivity contribution in [3.8, 4) is 6.19 Å². The van der Waals surface area contributed by atoms with Crippen molar-refractivity contribution in [2.75, 3.05) is 38.0 Å². The zero-order chi connectivity index (χ0) is 15.4. The Balaban J connectivity index is 3.20. The Hall–Kier alpha value is -2.14. The third-order valence-electron chi connectivity index (χ3n) is 2.49. The summed E-state index contributed by atoms with van der Waals surface area (Å²) >= 11 is 5.82. The van der Waals surface area contributed by atoms with Gasteiger partial charge in [-0.3, -0.25) is 4.79 Å². The lowest BCUT2D eigenvalue weighted by Crippen LogP contribution is -2.43. The molecule has 0 aliphatic rings. The first-order valence-electron chi connectivity index (χ1n) is 5.77. The SMILES string of the molecule is CC(C(=O)N(C)C)N(C#N)c1nc(Cl)nc(N(C)C)n1. The van der Waals surface area contributed by atoms with Gasteiger partial charge in [-0.25, -0.2) is 4.90 Å². The van der Waals surface area contributed by atoms with E-state index in [4.69, 9.17) is 11.6 Å². The molecule has 0 aliphatic heterocycles.